The fraction of sp³-hybridized carbons (Fsp3) is 0.522. The Morgan fingerprint density at radius 2 is 1.44 bits per heavy atom. The highest BCUT2D eigenvalue weighted by atomic mass is 14.7. The van der Waals surface area contributed by atoms with E-state index in [2.05, 4.69) is 30.3 Å². The molecule has 0 aliphatic heterocycles. The molecule has 132 valence electrons. The molecular weight excluding hydrogens is 304 g/mol. The van der Waals surface area contributed by atoms with E-state index >= 15 is 0 Å². The third kappa shape index (κ3) is 3.19. The average Bonchev–Trinajstić information content (AvgIpc) is 2.67. The quantitative estimate of drug-likeness (QED) is 0.508. The molecule has 3 N–H and O–H groups in total. The summed E-state index contributed by atoms with van der Waals surface area (Å²) in [7, 11) is 0. The monoisotopic (exact) mass is 334 g/mol. The van der Waals surface area contributed by atoms with E-state index in [1.807, 2.05) is 0 Å². The Bertz CT molecular complexity index is 765. The van der Waals surface area contributed by atoms with Crippen molar-refractivity contribution in [3.05, 3.63) is 47.0 Å². The smallest absolute Gasteiger partial charge is 0.123 e. The zero-order chi connectivity index (χ0) is 17.2. The average molecular weight is 335 g/mol. The summed E-state index contributed by atoms with van der Waals surface area (Å²) in [6, 6.07) is 11.0. The van der Waals surface area contributed by atoms with Crippen LogP contribution in [0.3, 0.4) is 0 Å². The van der Waals surface area contributed by atoms with Crippen LogP contribution in [0, 0.1) is 5.41 Å². The Hall–Kier alpha value is -1.83. The lowest BCUT2D eigenvalue weighted by atomic mass is 9.73. The van der Waals surface area contributed by atoms with Gasteiger partial charge in [0.05, 0.1) is 0 Å². The predicted molar refractivity (Wildman–Crippen MR) is 107 cm³/mol. The van der Waals surface area contributed by atoms with Gasteiger partial charge >= 0.3 is 0 Å². The molecule has 0 radical (unpaired) electrons. The Morgan fingerprint density at radius 3 is 2.08 bits per heavy atom. The Labute approximate surface area is 151 Å². The van der Waals surface area contributed by atoms with Gasteiger partial charge in [-0.15, -0.1) is 0 Å². The first-order chi connectivity index (χ1) is 12.3. The van der Waals surface area contributed by atoms with Crippen molar-refractivity contribution in [2.24, 2.45) is 5.73 Å². The summed E-state index contributed by atoms with van der Waals surface area (Å²) in [6.45, 7) is 0. The van der Waals surface area contributed by atoms with Gasteiger partial charge in [-0.2, -0.15) is 0 Å². The third-order valence-electron chi connectivity index (χ3n) is 6.45. The summed E-state index contributed by atoms with van der Waals surface area (Å²) in [6.07, 6.45) is 13.2. The van der Waals surface area contributed by atoms with E-state index in [-0.39, 0.29) is 5.84 Å². The fourth-order valence-corrected chi connectivity index (χ4v) is 5.26. The number of nitrogen functional groups attached to an aromatic ring is 1. The highest BCUT2D eigenvalue weighted by Crippen LogP contribution is 2.44. The zero-order valence-electron chi connectivity index (χ0n) is 15.2. The third-order valence-corrected chi connectivity index (χ3v) is 6.45. The van der Waals surface area contributed by atoms with E-state index in [0.29, 0.717) is 11.8 Å². The summed E-state index contributed by atoms with van der Waals surface area (Å²) in [5, 5.41) is 10.8. The van der Waals surface area contributed by atoms with E-state index < -0.39 is 0 Å². The Balaban J connectivity index is 1.95. The second kappa shape index (κ2) is 7.19. The molecule has 0 atom stereocenters. The second-order valence-corrected chi connectivity index (χ2v) is 8.06. The lowest BCUT2D eigenvalue weighted by Gasteiger charge is -2.32. The van der Waals surface area contributed by atoms with Gasteiger partial charge in [0.2, 0.25) is 0 Å². The molecule has 2 fully saturated rings. The molecule has 2 heteroatoms. The van der Waals surface area contributed by atoms with Crippen molar-refractivity contribution in [1.82, 2.24) is 0 Å². The molecule has 0 saturated heterocycles. The van der Waals surface area contributed by atoms with Crippen LogP contribution < -0.4 is 5.73 Å². The van der Waals surface area contributed by atoms with E-state index in [4.69, 9.17) is 11.1 Å². The molecule has 0 unspecified atom stereocenters. The van der Waals surface area contributed by atoms with E-state index in [1.165, 1.54) is 86.1 Å². The molecule has 0 amide bonds. The normalized spacial score (nSPS) is 20.0. The highest BCUT2D eigenvalue weighted by molar-refractivity contribution is 6.09. The van der Waals surface area contributed by atoms with E-state index in [0.717, 1.165) is 5.56 Å². The van der Waals surface area contributed by atoms with E-state index in [9.17, 15) is 0 Å². The number of hydrogen-bond donors (Lipinski definition) is 2. The Kier molecular flexibility index (Phi) is 4.78. The molecule has 2 nitrogen and oxygen atoms in total. The molecular formula is C23H30N2. The minimum absolute atomic E-state index is 0.259. The lowest BCUT2D eigenvalue weighted by Crippen LogP contribution is -2.21. The number of rotatable bonds is 3. The van der Waals surface area contributed by atoms with Crippen LogP contribution in [0.1, 0.15) is 92.7 Å². The lowest BCUT2D eigenvalue weighted by molar-refractivity contribution is 0.419. The van der Waals surface area contributed by atoms with Crippen LogP contribution in [0.2, 0.25) is 0 Å². The molecule has 2 aliphatic rings. The summed E-state index contributed by atoms with van der Waals surface area (Å²) in [5.41, 5.74) is 10.2. The summed E-state index contributed by atoms with van der Waals surface area (Å²) in [4.78, 5) is 0. The van der Waals surface area contributed by atoms with Crippen LogP contribution in [0.4, 0.5) is 0 Å². The molecule has 2 aliphatic carbocycles. The molecule has 2 aromatic carbocycles. The first kappa shape index (κ1) is 16.6. The minimum atomic E-state index is 0.259. The van der Waals surface area contributed by atoms with Gasteiger partial charge in [0.15, 0.2) is 0 Å². The standard InChI is InChI=1S/C23H30N2/c24-23(25)22-19-14-8-7-13-18(19)15-20(16-9-3-1-4-10-16)21(22)17-11-5-2-6-12-17/h7-8,13-17H,1-6,9-12H2,(H3,24,25). The van der Waals surface area contributed by atoms with Crippen LogP contribution in [0.5, 0.6) is 0 Å². The van der Waals surface area contributed by atoms with Crippen molar-refractivity contribution in [3.8, 4) is 0 Å². The fourth-order valence-electron chi connectivity index (χ4n) is 5.26. The molecule has 0 spiro atoms. The van der Waals surface area contributed by atoms with Crippen LogP contribution in [-0.4, -0.2) is 5.84 Å². The maximum absolute atomic E-state index is 8.37. The highest BCUT2D eigenvalue weighted by Gasteiger charge is 2.28. The molecule has 0 aromatic heterocycles. The number of nitrogens with one attached hydrogen (secondary N) is 1. The molecule has 0 bridgehead atoms. The first-order valence-corrected chi connectivity index (χ1v) is 10.2. The van der Waals surface area contributed by atoms with Gasteiger partial charge in [-0.05, 0) is 59.4 Å². The molecule has 4 rings (SSSR count). The van der Waals surface area contributed by atoms with Crippen molar-refractivity contribution in [2.45, 2.75) is 76.0 Å². The topological polar surface area (TPSA) is 49.9 Å². The minimum Gasteiger partial charge on any atom is -0.384 e. The van der Waals surface area contributed by atoms with Gasteiger partial charge < -0.3 is 5.73 Å². The number of hydrogen-bond acceptors (Lipinski definition) is 1. The van der Waals surface area contributed by atoms with Gasteiger partial charge in [-0.3, -0.25) is 5.41 Å². The number of amidine groups is 1. The molecule has 2 aromatic rings. The zero-order valence-corrected chi connectivity index (χ0v) is 15.2. The summed E-state index contributed by atoms with van der Waals surface area (Å²) < 4.78 is 0. The van der Waals surface area contributed by atoms with Crippen molar-refractivity contribution in [1.29, 1.82) is 5.41 Å². The largest absolute Gasteiger partial charge is 0.384 e. The van der Waals surface area contributed by atoms with Gasteiger partial charge in [-0.25, -0.2) is 0 Å². The number of fused-ring (bicyclic) bond motifs is 1. The molecule has 25 heavy (non-hydrogen) atoms. The van der Waals surface area contributed by atoms with Crippen LogP contribution >= 0.6 is 0 Å². The number of benzene rings is 2. The maximum atomic E-state index is 8.37. The molecule has 2 saturated carbocycles. The number of nitrogens with two attached hydrogens (primary N) is 1. The van der Waals surface area contributed by atoms with Crippen molar-refractivity contribution >= 4 is 16.6 Å². The SMILES string of the molecule is N=C(N)c1c(C2CCCCC2)c(C2CCCCC2)cc2ccccc12. The van der Waals surface area contributed by atoms with Crippen LogP contribution in [0.15, 0.2) is 30.3 Å². The predicted octanol–water partition coefficient (Wildman–Crippen LogP) is 6.22. The van der Waals surface area contributed by atoms with Gasteiger partial charge in [0.1, 0.15) is 5.84 Å². The second-order valence-electron chi connectivity index (χ2n) is 8.06. The van der Waals surface area contributed by atoms with Crippen molar-refractivity contribution < 1.29 is 0 Å². The first-order valence-electron chi connectivity index (χ1n) is 10.2. The maximum Gasteiger partial charge on any atom is 0.123 e. The summed E-state index contributed by atoms with van der Waals surface area (Å²) in [5.74, 6) is 1.51. The van der Waals surface area contributed by atoms with Gasteiger partial charge in [-0.1, -0.05) is 68.9 Å². The Morgan fingerprint density at radius 1 is 0.840 bits per heavy atom. The van der Waals surface area contributed by atoms with Gasteiger partial charge in [0.25, 0.3) is 0 Å². The molecule has 0 heterocycles. The van der Waals surface area contributed by atoms with Crippen molar-refractivity contribution in [2.75, 3.05) is 0 Å². The van der Waals surface area contributed by atoms with Gasteiger partial charge in [0, 0.05) is 5.56 Å². The van der Waals surface area contributed by atoms with Crippen LogP contribution in [-0.2, 0) is 0 Å². The summed E-state index contributed by atoms with van der Waals surface area (Å²) >= 11 is 0. The van der Waals surface area contributed by atoms with E-state index in [1.54, 1.807) is 0 Å². The van der Waals surface area contributed by atoms with Crippen molar-refractivity contribution in [3.63, 3.8) is 0 Å². The van der Waals surface area contributed by atoms with Crippen LogP contribution in [0.25, 0.3) is 10.8 Å².